The Hall–Kier alpha value is -1.92. The lowest BCUT2D eigenvalue weighted by atomic mass is 9.85. The summed E-state index contributed by atoms with van der Waals surface area (Å²) in [6, 6.07) is -0.412. The van der Waals surface area contributed by atoms with Gasteiger partial charge in [0.15, 0.2) is 5.82 Å². The highest BCUT2D eigenvalue weighted by molar-refractivity contribution is 6.06. The van der Waals surface area contributed by atoms with E-state index in [9.17, 15) is 9.59 Å². The summed E-state index contributed by atoms with van der Waals surface area (Å²) in [5.41, 5.74) is -0.881. The second-order valence-electron chi connectivity index (χ2n) is 5.58. The summed E-state index contributed by atoms with van der Waals surface area (Å²) in [5.74, 6) is 1.15. The van der Waals surface area contributed by atoms with E-state index >= 15 is 0 Å². The Morgan fingerprint density at radius 1 is 1.42 bits per heavy atom. The first-order chi connectivity index (χ1) is 8.98. The van der Waals surface area contributed by atoms with Crippen LogP contribution in [0.5, 0.6) is 0 Å². The summed E-state index contributed by atoms with van der Waals surface area (Å²) < 4.78 is 5.20. The van der Waals surface area contributed by atoms with Crippen LogP contribution in [0, 0.1) is 0 Å². The fourth-order valence-corrected chi connectivity index (χ4v) is 2.26. The molecule has 1 saturated heterocycles. The van der Waals surface area contributed by atoms with Crippen LogP contribution in [0.1, 0.15) is 50.7 Å². The van der Waals surface area contributed by atoms with Gasteiger partial charge < -0.3 is 9.42 Å². The van der Waals surface area contributed by atoms with E-state index in [0.29, 0.717) is 17.6 Å². The highest BCUT2D eigenvalue weighted by atomic mass is 16.5. The number of nitrogens with zero attached hydrogens (tertiary/aromatic N) is 3. The molecule has 1 saturated carbocycles. The van der Waals surface area contributed by atoms with Crippen LogP contribution in [0.15, 0.2) is 4.52 Å². The molecule has 2 fully saturated rings. The predicted molar refractivity (Wildman–Crippen MR) is 64.1 cm³/mol. The maximum atomic E-state index is 11.7. The van der Waals surface area contributed by atoms with Crippen LogP contribution < -0.4 is 5.32 Å². The molecule has 7 nitrogen and oxygen atoms in total. The molecule has 2 aliphatic rings. The van der Waals surface area contributed by atoms with Gasteiger partial charge in [-0.05, 0) is 26.7 Å². The minimum Gasteiger partial charge on any atom is -0.339 e. The Morgan fingerprint density at radius 2 is 2.16 bits per heavy atom. The first-order valence-electron chi connectivity index (χ1n) is 6.44. The first kappa shape index (κ1) is 12.1. The molecule has 7 heteroatoms. The van der Waals surface area contributed by atoms with E-state index in [-0.39, 0.29) is 12.5 Å². The van der Waals surface area contributed by atoms with Gasteiger partial charge >= 0.3 is 6.03 Å². The number of imide groups is 1. The largest absolute Gasteiger partial charge is 0.339 e. The van der Waals surface area contributed by atoms with Crippen molar-refractivity contribution >= 4 is 11.9 Å². The summed E-state index contributed by atoms with van der Waals surface area (Å²) in [6.07, 6.45) is 3.35. The van der Waals surface area contributed by atoms with Crippen LogP contribution in [-0.2, 0) is 11.3 Å². The fraction of sp³-hybridized carbons (Fsp3) is 0.667. The summed E-state index contributed by atoms with van der Waals surface area (Å²) >= 11 is 0. The van der Waals surface area contributed by atoms with E-state index in [0.717, 1.165) is 12.8 Å². The van der Waals surface area contributed by atoms with Crippen LogP contribution in [0.2, 0.25) is 0 Å². The number of nitrogens with one attached hydrogen (secondary N) is 1. The Bertz CT molecular complexity index is 533. The lowest BCUT2D eigenvalue weighted by molar-refractivity contribution is -0.125. The number of rotatable bonds is 3. The number of amides is 3. The topological polar surface area (TPSA) is 88.3 Å². The van der Waals surface area contributed by atoms with Crippen molar-refractivity contribution in [3.8, 4) is 0 Å². The van der Waals surface area contributed by atoms with Gasteiger partial charge in [-0.15, -0.1) is 0 Å². The number of aromatic nitrogens is 2. The molecular weight excluding hydrogens is 248 g/mol. The lowest BCUT2D eigenvalue weighted by Gasteiger charge is -2.26. The monoisotopic (exact) mass is 264 g/mol. The molecule has 0 aromatic carbocycles. The maximum absolute atomic E-state index is 11.7. The summed E-state index contributed by atoms with van der Waals surface area (Å²) in [4.78, 5) is 29.1. The van der Waals surface area contributed by atoms with E-state index in [2.05, 4.69) is 15.5 Å². The van der Waals surface area contributed by atoms with Crippen LogP contribution in [-0.4, -0.2) is 32.5 Å². The quantitative estimate of drug-likeness (QED) is 0.828. The molecule has 0 radical (unpaired) electrons. The average Bonchev–Trinajstić information content (AvgIpc) is 2.77. The highest BCUT2D eigenvalue weighted by Gasteiger charge is 2.46. The predicted octanol–water partition coefficient (Wildman–Crippen LogP) is 1.17. The van der Waals surface area contributed by atoms with Crippen molar-refractivity contribution in [1.82, 2.24) is 20.4 Å². The molecule has 0 bridgehead atoms. The number of carbonyl (C=O) groups is 2. The van der Waals surface area contributed by atoms with Gasteiger partial charge in [-0.2, -0.15) is 4.98 Å². The standard InChI is InChI=1S/C12H16N4O3/c1-12(2)10(17)14-11(18)16(12)6-8-13-9(19-15-8)7-4-3-5-7/h7H,3-6H2,1-2H3,(H,14,17,18). The van der Waals surface area contributed by atoms with Gasteiger partial charge in [0.1, 0.15) is 5.54 Å². The Kier molecular flexibility index (Phi) is 2.58. The molecule has 3 amide bonds. The highest BCUT2D eigenvalue weighted by Crippen LogP contribution is 2.35. The SMILES string of the molecule is CC1(C)C(=O)NC(=O)N1Cc1noc(C2CCC2)n1. The molecule has 1 aromatic rings. The minimum absolute atomic E-state index is 0.181. The van der Waals surface area contributed by atoms with Gasteiger partial charge in [0.25, 0.3) is 5.91 Å². The second-order valence-corrected chi connectivity index (χ2v) is 5.58. The van der Waals surface area contributed by atoms with Crippen molar-refractivity contribution in [3.63, 3.8) is 0 Å². The summed E-state index contributed by atoms with van der Waals surface area (Å²) in [7, 11) is 0. The van der Waals surface area contributed by atoms with Crippen molar-refractivity contribution in [2.24, 2.45) is 0 Å². The third kappa shape index (κ3) is 1.89. The molecule has 0 unspecified atom stereocenters. The van der Waals surface area contributed by atoms with E-state index in [1.54, 1.807) is 13.8 Å². The van der Waals surface area contributed by atoms with Crippen molar-refractivity contribution in [2.75, 3.05) is 0 Å². The number of carbonyl (C=O) groups excluding carboxylic acids is 2. The van der Waals surface area contributed by atoms with Gasteiger partial charge in [-0.25, -0.2) is 4.79 Å². The third-order valence-electron chi connectivity index (χ3n) is 3.93. The van der Waals surface area contributed by atoms with Crippen LogP contribution >= 0.6 is 0 Å². The van der Waals surface area contributed by atoms with Gasteiger partial charge in [0, 0.05) is 5.92 Å². The number of hydrogen-bond donors (Lipinski definition) is 1. The smallest absolute Gasteiger partial charge is 0.325 e. The number of hydrogen-bond acceptors (Lipinski definition) is 5. The van der Waals surface area contributed by atoms with E-state index in [1.165, 1.54) is 11.3 Å². The van der Waals surface area contributed by atoms with Crippen LogP contribution in [0.3, 0.4) is 0 Å². The molecule has 2 heterocycles. The van der Waals surface area contributed by atoms with Crippen LogP contribution in [0.25, 0.3) is 0 Å². The maximum Gasteiger partial charge on any atom is 0.325 e. The van der Waals surface area contributed by atoms with Crippen molar-refractivity contribution in [1.29, 1.82) is 0 Å². The Morgan fingerprint density at radius 3 is 2.68 bits per heavy atom. The van der Waals surface area contributed by atoms with Crippen LogP contribution in [0.4, 0.5) is 4.79 Å². The first-order valence-corrected chi connectivity index (χ1v) is 6.44. The fourth-order valence-electron chi connectivity index (χ4n) is 2.26. The van der Waals surface area contributed by atoms with Gasteiger partial charge in [0.2, 0.25) is 5.89 Å². The van der Waals surface area contributed by atoms with Gasteiger partial charge in [-0.3, -0.25) is 10.1 Å². The second kappa shape index (κ2) is 4.04. The average molecular weight is 264 g/mol. The lowest BCUT2D eigenvalue weighted by Crippen LogP contribution is -2.43. The zero-order valence-electron chi connectivity index (χ0n) is 11.0. The zero-order chi connectivity index (χ0) is 13.6. The van der Waals surface area contributed by atoms with E-state index in [4.69, 9.17) is 4.52 Å². The summed E-state index contributed by atoms with van der Waals surface area (Å²) in [5, 5.41) is 6.18. The molecule has 0 atom stereocenters. The van der Waals surface area contributed by atoms with Crippen molar-refractivity contribution in [3.05, 3.63) is 11.7 Å². The normalized spacial score (nSPS) is 22.5. The van der Waals surface area contributed by atoms with Gasteiger partial charge in [0.05, 0.1) is 6.54 Å². The Balaban J connectivity index is 1.75. The molecule has 19 heavy (non-hydrogen) atoms. The molecule has 1 aromatic heterocycles. The van der Waals surface area contributed by atoms with Crippen molar-refractivity contribution < 1.29 is 14.1 Å². The molecule has 102 valence electrons. The molecule has 0 spiro atoms. The van der Waals surface area contributed by atoms with E-state index in [1.807, 2.05) is 0 Å². The summed E-state index contributed by atoms with van der Waals surface area (Å²) in [6.45, 7) is 3.57. The zero-order valence-corrected chi connectivity index (χ0v) is 11.0. The molecule has 1 aliphatic heterocycles. The molecule has 1 aliphatic carbocycles. The molecule has 3 rings (SSSR count). The van der Waals surface area contributed by atoms with Crippen molar-refractivity contribution in [2.45, 2.75) is 51.1 Å². The van der Waals surface area contributed by atoms with E-state index < -0.39 is 11.6 Å². The van der Waals surface area contributed by atoms with Gasteiger partial charge in [-0.1, -0.05) is 11.6 Å². The Labute approximate surface area is 110 Å². The molecule has 1 N–H and O–H groups in total. The minimum atomic E-state index is -0.881. The number of urea groups is 1. The third-order valence-corrected chi connectivity index (χ3v) is 3.93. The molecular formula is C12H16N4O3.